The molecule has 24 heavy (non-hydrogen) atoms. The molecule has 6 heteroatoms. The lowest BCUT2D eigenvalue weighted by molar-refractivity contribution is 1.35. The van der Waals surface area contributed by atoms with Crippen molar-refractivity contribution in [2.75, 3.05) is 16.5 Å². The van der Waals surface area contributed by atoms with E-state index in [9.17, 15) is 0 Å². The van der Waals surface area contributed by atoms with Crippen LogP contribution in [0, 0.1) is 6.92 Å². The van der Waals surface area contributed by atoms with Gasteiger partial charge in [-0.1, -0.05) is 0 Å². The Bertz CT molecular complexity index is 1050. The molecule has 120 valence electrons. The number of rotatable bonds is 3. The van der Waals surface area contributed by atoms with Crippen LogP contribution in [0.4, 0.5) is 22.7 Å². The van der Waals surface area contributed by atoms with Crippen LogP contribution in [0.3, 0.4) is 0 Å². The first-order valence-electron chi connectivity index (χ1n) is 7.56. The van der Waals surface area contributed by atoms with Gasteiger partial charge >= 0.3 is 0 Å². The molecular formula is C18H17N5S. The number of nitrogens with two attached hydrogens (primary N) is 2. The molecule has 0 spiro atoms. The van der Waals surface area contributed by atoms with Crippen LogP contribution in [0.1, 0.15) is 4.88 Å². The summed E-state index contributed by atoms with van der Waals surface area (Å²) in [5.74, 6) is 5.42. The standard InChI is InChI=1S/C18H17N5S/c1-10-6-11-7-17-13(9-18(11)24-10)15(4-5-21-17)22-12-2-3-16(23-20)14(19)8-12/h2-9,23H,19-20H2,1H3,(H,21,22). The summed E-state index contributed by atoms with van der Waals surface area (Å²) in [4.78, 5) is 5.80. The number of nitrogen functional groups attached to an aromatic ring is 2. The van der Waals surface area contributed by atoms with Gasteiger partial charge < -0.3 is 16.5 Å². The highest BCUT2D eigenvalue weighted by Gasteiger charge is 2.07. The lowest BCUT2D eigenvalue weighted by atomic mass is 10.1. The Hall–Kier alpha value is -2.83. The minimum atomic E-state index is 0.595. The Balaban J connectivity index is 1.81. The molecule has 2 aromatic carbocycles. The van der Waals surface area contributed by atoms with Gasteiger partial charge in [-0.25, -0.2) is 0 Å². The van der Waals surface area contributed by atoms with Crippen LogP contribution in [0.25, 0.3) is 21.0 Å². The van der Waals surface area contributed by atoms with Gasteiger partial charge in [0.25, 0.3) is 0 Å². The number of hydrogen-bond acceptors (Lipinski definition) is 6. The molecule has 5 nitrogen and oxygen atoms in total. The van der Waals surface area contributed by atoms with E-state index in [1.807, 2.05) is 30.5 Å². The van der Waals surface area contributed by atoms with E-state index in [1.54, 1.807) is 11.3 Å². The molecule has 0 bridgehead atoms. The monoisotopic (exact) mass is 335 g/mol. The van der Waals surface area contributed by atoms with E-state index < -0.39 is 0 Å². The number of fused-ring (bicyclic) bond motifs is 2. The van der Waals surface area contributed by atoms with E-state index in [1.165, 1.54) is 15.0 Å². The Morgan fingerprint density at radius 2 is 1.92 bits per heavy atom. The van der Waals surface area contributed by atoms with Crippen molar-refractivity contribution in [3.8, 4) is 0 Å². The van der Waals surface area contributed by atoms with Gasteiger partial charge in [-0.15, -0.1) is 11.3 Å². The van der Waals surface area contributed by atoms with Crippen LogP contribution in [0.2, 0.25) is 0 Å². The van der Waals surface area contributed by atoms with Crippen LogP contribution in [0.5, 0.6) is 0 Å². The smallest absolute Gasteiger partial charge is 0.0729 e. The van der Waals surface area contributed by atoms with Crippen molar-refractivity contribution >= 4 is 55.1 Å². The normalized spacial score (nSPS) is 11.1. The number of anilines is 4. The number of pyridine rings is 1. The minimum absolute atomic E-state index is 0.595. The lowest BCUT2D eigenvalue weighted by Gasteiger charge is -2.12. The summed E-state index contributed by atoms with van der Waals surface area (Å²) >= 11 is 1.79. The molecule has 0 amide bonds. The van der Waals surface area contributed by atoms with Gasteiger partial charge in [0.05, 0.1) is 16.9 Å². The predicted molar refractivity (Wildman–Crippen MR) is 104 cm³/mol. The average molecular weight is 335 g/mol. The first kappa shape index (κ1) is 14.7. The molecule has 0 aliphatic rings. The molecule has 0 aliphatic heterocycles. The number of nitrogens with one attached hydrogen (secondary N) is 2. The number of nitrogens with zero attached hydrogens (tertiary/aromatic N) is 1. The maximum atomic E-state index is 5.98. The van der Waals surface area contributed by atoms with E-state index in [4.69, 9.17) is 11.6 Å². The van der Waals surface area contributed by atoms with Gasteiger partial charge in [0, 0.05) is 32.5 Å². The molecule has 2 heterocycles. The van der Waals surface area contributed by atoms with Gasteiger partial charge in [-0.3, -0.25) is 10.8 Å². The van der Waals surface area contributed by atoms with Crippen molar-refractivity contribution in [1.82, 2.24) is 4.98 Å². The zero-order valence-electron chi connectivity index (χ0n) is 13.1. The zero-order chi connectivity index (χ0) is 16.7. The maximum absolute atomic E-state index is 5.98. The third-order valence-electron chi connectivity index (χ3n) is 3.99. The molecule has 2 aromatic heterocycles. The van der Waals surface area contributed by atoms with Crippen LogP contribution >= 0.6 is 11.3 Å². The first-order chi connectivity index (χ1) is 11.6. The SMILES string of the molecule is Cc1cc2cc3nccc(Nc4ccc(NN)c(N)c4)c3cc2s1. The van der Waals surface area contributed by atoms with Gasteiger partial charge in [0.1, 0.15) is 0 Å². The van der Waals surface area contributed by atoms with Crippen molar-refractivity contribution in [2.45, 2.75) is 6.92 Å². The third kappa shape index (κ3) is 2.51. The van der Waals surface area contributed by atoms with Crippen LogP contribution in [-0.4, -0.2) is 4.98 Å². The molecule has 0 unspecified atom stereocenters. The van der Waals surface area contributed by atoms with Gasteiger partial charge in [0.15, 0.2) is 0 Å². The van der Waals surface area contributed by atoms with Gasteiger partial charge in [-0.05, 0) is 54.8 Å². The topological polar surface area (TPSA) is 89.0 Å². The predicted octanol–water partition coefficient (Wildman–Crippen LogP) is 4.37. The Kier molecular flexibility index (Phi) is 3.48. The van der Waals surface area contributed by atoms with Gasteiger partial charge in [0.2, 0.25) is 0 Å². The van der Waals surface area contributed by atoms with Crippen molar-refractivity contribution in [3.63, 3.8) is 0 Å². The van der Waals surface area contributed by atoms with Crippen LogP contribution in [-0.2, 0) is 0 Å². The van der Waals surface area contributed by atoms with E-state index in [0.717, 1.165) is 22.3 Å². The summed E-state index contributed by atoms with van der Waals surface area (Å²) in [6.07, 6.45) is 1.81. The number of hydrazine groups is 1. The molecule has 0 aliphatic carbocycles. The van der Waals surface area contributed by atoms with E-state index in [2.05, 4.69) is 40.8 Å². The summed E-state index contributed by atoms with van der Waals surface area (Å²) in [5, 5.41) is 5.75. The highest BCUT2D eigenvalue weighted by Crippen LogP contribution is 2.33. The lowest BCUT2D eigenvalue weighted by Crippen LogP contribution is -2.09. The number of thiophene rings is 1. The third-order valence-corrected chi connectivity index (χ3v) is 5.00. The molecule has 0 radical (unpaired) electrons. The van der Waals surface area contributed by atoms with Crippen molar-refractivity contribution in [3.05, 3.63) is 53.5 Å². The summed E-state index contributed by atoms with van der Waals surface area (Å²) in [6.45, 7) is 2.12. The van der Waals surface area contributed by atoms with Crippen LogP contribution in [0.15, 0.2) is 48.7 Å². The highest BCUT2D eigenvalue weighted by atomic mass is 32.1. The molecule has 4 rings (SSSR count). The number of aromatic nitrogens is 1. The zero-order valence-corrected chi connectivity index (χ0v) is 13.9. The van der Waals surface area contributed by atoms with E-state index in [0.29, 0.717) is 11.4 Å². The molecule has 4 aromatic rings. The fourth-order valence-corrected chi connectivity index (χ4v) is 3.79. The molecule has 6 N–H and O–H groups in total. The number of hydrogen-bond donors (Lipinski definition) is 4. The van der Waals surface area contributed by atoms with E-state index in [-0.39, 0.29) is 0 Å². The van der Waals surface area contributed by atoms with Gasteiger partial charge in [-0.2, -0.15) is 0 Å². The summed E-state index contributed by atoms with van der Waals surface area (Å²) < 4.78 is 1.26. The second-order valence-electron chi connectivity index (χ2n) is 5.69. The molecule has 0 saturated heterocycles. The van der Waals surface area contributed by atoms with Crippen molar-refractivity contribution in [1.29, 1.82) is 0 Å². The molecule has 0 atom stereocenters. The fraction of sp³-hybridized carbons (Fsp3) is 0.0556. The number of benzene rings is 2. The highest BCUT2D eigenvalue weighted by molar-refractivity contribution is 7.19. The van der Waals surface area contributed by atoms with Crippen molar-refractivity contribution < 1.29 is 0 Å². The Morgan fingerprint density at radius 1 is 1.04 bits per heavy atom. The maximum Gasteiger partial charge on any atom is 0.0729 e. The van der Waals surface area contributed by atoms with E-state index >= 15 is 0 Å². The second kappa shape index (κ2) is 5.67. The first-order valence-corrected chi connectivity index (χ1v) is 8.38. The molecule has 0 fully saturated rings. The molecular weight excluding hydrogens is 318 g/mol. The number of aryl methyl sites for hydroxylation is 1. The summed E-state index contributed by atoms with van der Waals surface area (Å²) in [5.41, 5.74) is 12.7. The summed E-state index contributed by atoms with van der Waals surface area (Å²) in [7, 11) is 0. The second-order valence-corrected chi connectivity index (χ2v) is 6.98. The Morgan fingerprint density at radius 3 is 2.71 bits per heavy atom. The average Bonchev–Trinajstić information content (AvgIpc) is 2.92. The van der Waals surface area contributed by atoms with Crippen molar-refractivity contribution in [2.24, 2.45) is 5.84 Å². The summed E-state index contributed by atoms with van der Waals surface area (Å²) in [6, 6.07) is 14.1. The largest absolute Gasteiger partial charge is 0.397 e. The minimum Gasteiger partial charge on any atom is -0.397 e. The Labute approximate surface area is 143 Å². The van der Waals surface area contributed by atoms with Crippen LogP contribution < -0.4 is 22.3 Å². The molecule has 0 saturated carbocycles. The quantitative estimate of drug-likeness (QED) is 0.254. The fourth-order valence-electron chi connectivity index (χ4n) is 2.85.